The maximum Gasteiger partial charge on any atom is 0.190 e. The molecule has 2 aliphatic rings. The average molecular weight is 514 g/mol. The standard InChI is InChI=1S/C28H29F2NO4S/c29-23-13-14-24(30)27-26(23)28(36(32,33)22-11-5-2-6-12-22)15-7-16-31(25(28)20-35-27)17-8-18-34-19-21-9-3-1-4-10-21/h1-6,9-14,25H,7-8,15-20H2. The number of nitrogens with zero attached hydrogens (tertiary/aromatic N) is 1. The van der Waals surface area contributed by atoms with Crippen molar-refractivity contribution in [3.63, 3.8) is 0 Å². The number of benzene rings is 3. The molecule has 8 heteroatoms. The largest absolute Gasteiger partial charge is 0.488 e. The summed E-state index contributed by atoms with van der Waals surface area (Å²) in [5.74, 6) is -1.80. The molecule has 1 saturated heterocycles. The normalized spacial score (nSPS) is 21.9. The lowest BCUT2D eigenvalue weighted by molar-refractivity contribution is 0.0336. The minimum absolute atomic E-state index is 0.0374. The lowest BCUT2D eigenvalue weighted by Crippen LogP contribution is -2.63. The van der Waals surface area contributed by atoms with Crippen LogP contribution in [0.15, 0.2) is 77.7 Å². The molecule has 0 aromatic heterocycles. The summed E-state index contributed by atoms with van der Waals surface area (Å²) in [6.45, 7) is 2.16. The molecule has 5 rings (SSSR count). The zero-order chi connectivity index (χ0) is 25.2. The molecule has 36 heavy (non-hydrogen) atoms. The number of ether oxygens (including phenoxy) is 2. The second kappa shape index (κ2) is 10.3. The van der Waals surface area contributed by atoms with E-state index in [9.17, 15) is 12.8 Å². The maximum atomic E-state index is 15.4. The molecule has 0 spiro atoms. The highest BCUT2D eigenvalue weighted by Gasteiger charge is 2.60. The molecule has 5 nitrogen and oxygen atoms in total. The zero-order valence-electron chi connectivity index (χ0n) is 19.9. The van der Waals surface area contributed by atoms with E-state index >= 15 is 4.39 Å². The number of sulfone groups is 1. The monoisotopic (exact) mass is 513 g/mol. The number of hydrogen-bond acceptors (Lipinski definition) is 5. The Balaban J connectivity index is 1.45. The number of piperidine rings is 1. The minimum Gasteiger partial charge on any atom is -0.488 e. The van der Waals surface area contributed by atoms with Crippen molar-refractivity contribution in [1.29, 1.82) is 0 Å². The first kappa shape index (κ1) is 24.9. The molecule has 0 aliphatic carbocycles. The van der Waals surface area contributed by atoms with Crippen LogP contribution in [-0.4, -0.2) is 45.7 Å². The van der Waals surface area contributed by atoms with Crippen molar-refractivity contribution in [3.8, 4) is 5.75 Å². The predicted molar refractivity (Wildman–Crippen MR) is 132 cm³/mol. The van der Waals surface area contributed by atoms with E-state index in [1.54, 1.807) is 18.2 Å². The Labute approximate surface area is 210 Å². The Morgan fingerprint density at radius 3 is 2.42 bits per heavy atom. The minimum atomic E-state index is -4.10. The molecule has 2 atom stereocenters. The summed E-state index contributed by atoms with van der Waals surface area (Å²) in [7, 11) is -4.10. The van der Waals surface area contributed by atoms with E-state index < -0.39 is 32.3 Å². The van der Waals surface area contributed by atoms with Gasteiger partial charge in [-0.2, -0.15) is 0 Å². The first-order valence-electron chi connectivity index (χ1n) is 12.2. The summed E-state index contributed by atoms with van der Waals surface area (Å²) in [5, 5.41) is 0. The molecular formula is C28H29F2NO4S. The van der Waals surface area contributed by atoms with E-state index in [4.69, 9.17) is 9.47 Å². The van der Waals surface area contributed by atoms with Gasteiger partial charge in [0.1, 0.15) is 17.2 Å². The van der Waals surface area contributed by atoms with Crippen molar-refractivity contribution in [1.82, 2.24) is 4.90 Å². The SMILES string of the molecule is O=S(=O)(c1ccccc1)C12CCCN(CCCOCc3ccccc3)C1COc1c(F)ccc(F)c12. The molecule has 0 saturated carbocycles. The van der Waals surface area contributed by atoms with Crippen molar-refractivity contribution in [2.45, 2.75) is 41.6 Å². The van der Waals surface area contributed by atoms with Crippen LogP contribution in [0.3, 0.4) is 0 Å². The first-order valence-corrected chi connectivity index (χ1v) is 13.7. The van der Waals surface area contributed by atoms with Crippen molar-refractivity contribution in [2.75, 3.05) is 26.3 Å². The predicted octanol–water partition coefficient (Wildman–Crippen LogP) is 5.10. The molecule has 2 unspecified atom stereocenters. The van der Waals surface area contributed by atoms with Gasteiger partial charge in [0.15, 0.2) is 21.4 Å². The van der Waals surface area contributed by atoms with Crippen molar-refractivity contribution in [2.24, 2.45) is 0 Å². The van der Waals surface area contributed by atoms with Crippen LogP contribution in [-0.2, 0) is 25.9 Å². The highest BCUT2D eigenvalue weighted by atomic mass is 32.2. The molecule has 2 heterocycles. The number of fused-ring (bicyclic) bond motifs is 3. The van der Waals surface area contributed by atoms with Gasteiger partial charge in [0.05, 0.1) is 23.1 Å². The fourth-order valence-electron chi connectivity index (χ4n) is 5.58. The van der Waals surface area contributed by atoms with Gasteiger partial charge >= 0.3 is 0 Å². The highest BCUT2D eigenvalue weighted by Crippen LogP contribution is 2.53. The van der Waals surface area contributed by atoms with Crippen molar-refractivity contribution in [3.05, 3.63) is 95.6 Å². The lowest BCUT2D eigenvalue weighted by atomic mass is 9.80. The summed E-state index contributed by atoms with van der Waals surface area (Å²) >= 11 is 0. The Kier molecular flexibility index (Phi) is 7.10. The van der Waals surface area contributed by atoms with E-state index in [1.165, 1.54) is 12.1 Å². The second-order valence-electron chi connectivity index (χ2n) is 9.30. The summed E-state index contributed by atoms with van der Waals surface area (Å²) in [6, 6.07) is 19.3. The van der Waals surface area contributed by atoms with Crippen LogP contribution in [0.4, 0.5) is 8.78 Å². The third-order valence-electron chi connectivity index (χ3n) is 7.22. The molecule has 2 aliphatic heterocycles. The van der Waals surface area contributed by atoms with Gasteiger partial charge in [-0.05, 0) is 55.6 Å². The van der Waals surface area contributed by atoms with Gasteiger partial charge in [-0.25, -0.2) is 17.2 Å². The topological polar surface area (TPSA) is 55.8 Å². The lowest BCUT2D eigenvalue weighted by Gasteiger charge is -2.52. The fraction of sp³-hybridized carbons (Fsp3) is 0.357. The summed E-state index contributed by atoms with van der Waals surface area (Å²) in [5.41, 5.74) is 0.894. The molecule has 1 fully saturated rings. The van der Waals surface area contributed by atoms with Gasteiger partial charge in [0.25, 0.3) is 0 Å². The molecule has 190 valence electrons. The average Bonchev–Trinajstić information content (AvgIpc) is 2.91. The van der Waals surface area contributed by atoms with E-state index in [-0.39, 0.29) is 29.2 Å². The second-order valence-corrected chi connectivity index (χ2v) is 11.5. The number of rotatable bonds is 8. The number of halogens is 2. The summed E-state index contributed by atoms with van der Waals surface area (Å²) < 4.78 is 68.6. The summed E-state index contributed by atoms with van der Waals surface area (Å²) in [4.78, 5) is 2.14. The van der Waals surface area contributed by atoms with Crippen LogP contribution in [0.1, 0.15) is 30.4 Å². The van der Waals surface area contributed by atoms with Crippen LogP contribution in [0.2, 0.25) is 0 Å². The molecule has 0 amide bonds. The van der Waals surface area contributed by atoms with Crippen molar-refractivity contribution < 1.29 is 26.7 Å². The third-order valence-corrected chi connectivity index (χ3v) is 9.75. The van der Waals surface area contributed by atoms with Gasteiger partial charge in [0.2, 0.25) is 0 Å². The maximum absolute atomic E-state index is 15.4. The van der Waals surface area contributed by atoms with Crippen LogP contribution >= 0.6 is 0 Å². The zero-order valence-corrected chi connectivity index (χ0v) is 20.7. The van der Waals surface area contributed by atoms with Gasteiger partial charge < -0.3 is 9.47 Å². The Hall–Kier alpha value is -2.81. The quantitative estimate of drug-likeness (QED) is 0.393. The first-order chi connectivity index (χ1) is 17.4. The smallest absolute Gasteiger partial charge is 0.190 e. The number of hydrogen-bond donors (Lipinski definition) is 0. The van der Waals surface area contributed by atoms with Crippen LogP contribution in [0, 0.1) is 11.6 Å². The van der Waals surface area contributed by atoms with Gasteiger partial charge in [0, 0.05) is 13.2 Å². The van der Waals surface area contributed by atoms with E-state index in [1.807, 2.05) is 35.2 Å². The Bertz CT molecular complexity index is 1300. The van der Waals surface area contributed by atoms with Gasteiger partial charge in [-0.3, -0.25) is 4.90 Å². The third kappa shape index (κ3) is 4.31. The molecular weight excluding hydrogens is 484 g/mol. The van der Waals surface area contributed by atoms with Crippen LogP contribution in [0.5, 0.6) is 5.75 Å². The molecule has 0 N–H and O–H groups in total. The Morgan fingerprint density at radius 2 is 1.67 bits per heavy atom. The molecule has 3 aromatic rings. The van der Waals surface area contributed by atoms with Gasteiger partial charge in [-0.1, -0.05) is 48.5 Å². The van der Waals surface area contributed by atoms with E-state index in [0.717, 1.165) is 17.7 Å². The highest BCUT2D eigenvalue weighted by molar-refractivity contribution is 7.92. The van der Waals surface area contributed by atoms with Crippen LogP contribution in [0.25, 0.3) is 0 Å². The molecule has 3 aromatic carbocycles. The fourth-order valence-corrected chi connectivity index (χ4v) is 7.97. The van der Waals surface area contributed by atoms with E-state index in [0.29, 0.717) is 39.1 Å². The number of likely N-dealkylation sites (tertiary alicyclic amines) is 1. The molecule has 0 radical (unpaired) electrons. The summed E-state index contributed by atoms with van der Waals surface area (Å²) in [6.07, 6.45) is 1.39. The molecule has 0 bridgehead atoms. The van der Waals surface area contributed by atoms with E-state index in [2.05, 4.69) is 0 Å². The Morgan fingerprint density at radius 1 is 0.972 bits per heavy atom. The van der Waals surface area contributed by atoms with Gasteiger partial charge in [-0.15, -0.1) is 0 Å². The van der Waals surface area contributed by atoms with Crippen LogP contribution < -0.4 is 4.74 Å². The van der Waals surface area contributed by atoms with Crippen molar-refractivity contribution >= 4 is 9.84 Å².